The summed E-state index contributed by atoms with van der Waals surface area (Å²) in [5, 5.41) is 0. The molecular formula is C16H18OS. The summed E-state index contributed by atoms with van der Waals surface area (Å²) < 4.78 is 5.86. The Morgan fingerprint density at radius 1 is 1.00 bits per heavy atom. The number of benzene rings is 2. The highest BCUT2D eigenvalue weighted by Gasteiger charge is 2.00. The van der Waals surface area contributed by atoms with E-state index >= 15 is 0 Å². The first-order chi connectivity index (χ1) is 8.67. The third-order valence-electron chi connectivity index (χ3n) is 2.75. The number of hydrogen-bond donors (Lipinski definition) is 0. The van der Waals surface area contributed by atoms with Crippen LogP contribution in [-0.2, 0) is 6.61 Å². The third-order valence-corrected chi connectivity index (χ3v) is 3.46. The van der Waals surface area contributed by atoms with Crippen LogP contribution in [0.2, 0.25) is 0 Å². The highest BCUT2D eigenvalue weighted by molar-refractivity contribution is 7.98. The molecule has 0 saturated heterocycles. The van der Waals surface area contributed by atoms with Crippen molar-refractivity contribution in [3.05, 3.63) is 59.2 Å². The summed E-state index contributed by atoms with van der Waals surface area (Å²) >= 11 is 1.74. The molecule has 0 amide bonds. The van der Waals surface area contributed by atoms with Gasteiger partial charge in [0.25, 0.3) is 0 Å². The molecule has 0 aliphatic carbocycles. The predicted octanol–water partition coefficient (Wildman–Crippen LogP) is 4.60. The highest BCUT2D eigenvalue weighted by Crippen LogP contribution is 2.24. The topological polar surface area (TPSA) is 9.23 Å². The molecule has 0 saturated carbocycles. The molecule has 0 aromatic heterocycles. The molecular weight excluding hydrogens is 240 g/mol. The van der Waals surface area contributed by atoms with Crippen LogP contribution < -0.4 is 4.74 Å². The number of ether oxygens (including phenoxy) is 1. The molecule has 0 fully saturated rings. The lowest BCUT2D eigenvalue weighted by Gasteiger charge is -2.09. The van der Waals surface area contributed by atoms with Gasteiger partial charge in [-0.2, -0.15) is 0 Å². The second-order valence-corrected chi connectivity index (χ2v) is 5.34. The Kier molecular flexibility index (Phi) is 4.32. The van der Waals surface area contributed by atoms with Crippen molar-refractivity contribution < 1.29 is 4.74 Å². The zero-order valence-corrected chi connectivity index (χ0v) is 11.9. The van der Waals surface area contributed by atoms with Crippen molar-refractivity contribution in [3.63, 3.8) is 0 Å². The van der Waals surface area contributed by atoms with E-state index in [4.69, 9.17) is 4.74 Å². The molecule has 2 aromatic carbocycles. The molecule has 2 rings (SSSR count). The van der Waals surface area contributed by atoms with Crippen LogP contribution in [0.25, 0.3) is 0 Å². The maximum absolute atomic E-state index is 5.86. The first-order valence-electron chi connectivity index (χ1n) is 6.01. The van der Waals surface area contributed by atoms with Crippen molar-refractivity contribution in [3.8, 4) is 5.75 Å². The summed E-state index contributed by atoms with van der Waals surface area (Å²) in [4.78, 5) is 1.24. The van der Waals surface area contributed by atoms with Crippen LogP contribution in [0.3, 0.4) is 0 Å². The molecule has 0 aliphatic rings. The number of hydrogen-bond acceptors (Lipinski definition) is 2. The predicted molar refractivity (Wildman–Crippen MR) is 78.5 cm³/mol. The number of thioether (sulfide) groups is 1. The van der Waals surface area contributed by atoms with Crippen LogP contribution >= 0.6 is 11.8 Å². The lowest BCUT2D eigenvalue weighted by atomic mass is 10.1. The standard InChI is InChI=1S/C16H18OS/c1-12-5-4-6-14(7-12)11-17-15-8-13(2)9-16(10-15)18-3/h4-10H,11H2,1-3H3. The summed E-state index contributed by atoms with van der Waals surface area (Å²) in [6.45, 7) is 4.82. The Balaban J connectivity index is 2.08. The van der Waals surface area contributed by atoms with Crippen molar-refractivity contribution in [1.29, 1.82) is 0 Å². The fraction of sp³-hybridized carbons (Fsp3) is 0.250. The summed E-state index contributed by atoms with van der Waals surface area (Å²) in [5.41, 5.74) is 3.72. The molecule has 0 N–H and O–H groups in total. The van der Waals surface area contributed by atoms with Gasteiger partial charge in [-0.25, -0.2) is 0 Å². The van der Waals surface area contributed by atoms with Crippen LogP contribution in [0.1, 0.15) is 16.7 Å². The average molecular weight is 258 g/mol. The maximum Gasteiger partial charge on any atom is 0.121 e. The van der Waals surface area contributed by atoms with Crippen molar-refractivity contribution >= 4 is 11.8 Å². The Morgan fingerprint density at radius 2 is 1.83 bits per heavy atom. The Morgan fingerprint density at radius 3 is 2.56 bits per heavy atom. The molecule has 0 heterocycles. The normalized spacial score (nSPS) is 10.4. The van der Waals surface area contributed by atoms with Gasteiger partial charge >= 0.3 is 0 Å². The van der Waals surface area contributed by atoms with Crippen LogP contribution in [0.15, 0.2) is 47.4 Å². The molecule has 0 radical (unpaired) electrons. The van der Waals surface area contributed by atoms with Gasteiger partial charge in [0.15, 0.2) is 0 Å². The lowest BCUT2D eigenvalue weighted by Crippen LogP contribution is -1.96. The van der Waals surface area contributed by atoms with Gasteiger partial charge in [0.1, 0.15) is 12.4 Å². The maximum atomic E-state index is 5.86. The van der Waals surface area contributed by atoms with Gasteiger partial charge in [0.2, 0.25) is 0 Å². The van der Waals surface area contributed by atoms with Gasteiger partial charge in [-0.15, -0.1) is 11.8 Å². The lowest BCUT2D eigenvalue weighted by molar-refractivity contribution is 0.305. The summed E-state index contributed by atoms with van der Waals surface area (Å²) in [5.74, 6) is 0.945. The Labute approximate surface area is 113 Å². The van der Waals surface area contributed by atoms with Gasteiger partial charge in [-0.3, -0.25) is 0 Å². The molecule has 2 aromatic rings. The van der Waals surface area contributed by atoms with Gasteiger partial charge in [-0.05, 0) is 49.4 Å². The zero-order valence-electron chi connectivity index (χ0n) is 11.1. The minimum absolute atomic E-state index is 0.624. The van der Waals surface area contributed by atoms with Crippen LogP contribution in [0.5, 0.6) is 5.75 Å². The molecule has 1 nitrogen and oxygen atoms in total. The molecule has 0 bridgehead atoms. The monoisotopic (exact) mass is 258 g/mol. The van der Waals surface area contributed by atoms with E-state index < -0.39 is 0 Å². The van der Waals surface area contributed by atoms with Crippen LogP contribution in [-0.4, -0.2) is 6.26 Å². The number of aryl methyl sites for hydroxylation is 2. The van der Waals surface area contributed by atoms with E-state index in [9.17, 15) is 0 Å². The fourth-order valence-corrected chi connectivity index (χ4v) is 2.42. The second kappa shape index (κ2) is 5.96. The Hall–Kier alpha value is -1.41. The van der Waals surface area contributed by atoms with E-state index in [0.29, 0.717) is 6.61 Å². The summed E-state index contributed by atoms with van der Waals surface area (Å²) in [6, 6.07) is 14.8. The van der Waals surface area contributed by atoms with E-state index in [1.165, 1.54) is 21.6 Å². The van der Waals surface area contributed by atoms with Gasteiger partial charge in [0.05, 0.1) is 0 Å². The minimum Gasteiger partial charge on any atom is -0.489 e. The van der Waals surface area contributed by atoms with E-state index in [1.54, 1.807) is 11.8 Å². The van der Waals surface area contributed by atoms with Gasteiger partial charge < -0.3 is 4.74 Å². The zero-order chi connectivity index (χ0) is 13.0. The molecule has 0 aliphatic heterocycles. The van der Waals surface area contributed by atoms with E-state index in [-0.39, 0.29) is 0 Å². The second-order valence-electron chi connectivity index (χ2n) is 4.46. The quantitative estimate of drug-likeness (QED) is 0.741. The average Bonchev–Trinajstić information content (AvgIpc) is 2.36. The summed E-state index contributed by atoms with van der Waals surface area (Å²) in [7, 11) is 0. The molecule has 0 atom stereocenters. The number of rotatable bonds is 4. The van der Waals surface area contributed by atoms with E-state index in [1.807, 2.05) is 0 Å². The van der Waals surface area contributed by atoms with Crippen molar-refractivity contribution in [1.82, 2.24) is 0 Å². The van der Waals surface area contributed by atoms with Crippen molar-refractivity contribution in [2.45, 2.75) is 25.3 Å². The van der Waals surface area contributed by atoms with Crippen molar-refractivity contribution in [2.75, 3.05) is 6.26 Å². The first-order valence-corrected chi connectivity index (χ1v) is 7.24. The van der Waals surface area contributed by atoms with Crippen molar-refractivity contribution in [2.24, 2.45) is 0 Å². The molecule has 2 heteroatoms. The molecule has 18 heavy (non-hydrogen) atoms. The third kappa shape index (κ3) is 3.54. The van der Waals surface area contributed by atoms with Crippen LogP contribution in [0.4, 0.5) is 0 Å². The van der Waals surface area contributed by atoms with Crippen LogP contribution in [0, 0.1) is 13.8 Å². The van der Waals surface area contributed by atoms with Gasteiger partial charge in [-0.1, -0.05) is 29.8 Å². The minimum atomic E-state index is 0.624. The first kappa shape index (κ1) is 13.0. The molecule has 94 valence electrons. The largest absolute Gasteiger partial charge is 0.489 e. The fourth-order valence-electron chi connectivity index (χ4n) is 1.88. The molecule has 0 unspecified atom stereocenters. The smallest absolute Gasteiger partial charge is 0.121 e. The highest BCUT2D eigenvalue weighted by atomic mass is 32.2. The summed E-state index contributed by atoms with van der Waals surface area (Å²) in [6.07, 6.45) is 2.08. The van der Waals surface area contributed by atoms with E-state index in [2.05, 4.69) is 62.6 Å². The van der Waals surface area contributed by atoms with Gasteiger partial charge in [0, 0.05) is 4.90 Å². The molecule has 0 spiro atoms. The Bertz CT molecular complexity index is 534. The van der Waals surface area contributed by atoms with E-state index in [0.717, 1.165) is 5.75 Å². The SMILES string of the molecule is CSc1cc(C)cc(OCc2cccc(C)c2)c1.